The summed E-state index contributed by atoms with van der Waals surface area (Å²) in [5, 5.41) is 9.35. The highest BCUT2D eigenvalue weighted by Crippen LogP contribution is 2.16. The summed E-state index contributed by atoms with van der Waals surface area (Å²) in [5.41, 5.74) is 2.15. The minimum absolute atomic E-state index is 0.0432. The molecule has 0 atom stereocenters. The zero-order chi connectivity index (χ0) is 19.2. The van der Waals surface area contributed by atoms with Crippen LogP contribution in [0.3, 0.4) is 0 Å². The number of pyridine rings is 2. The van der Waals surface area contributed by atoms with Gasteiger partial charge in [-0.1, -0.05) is 6.07 Å². The van der Waals surface area contributed by atoms with Crippen molar-refractivity contribution in [2.75, 3.05) is 0 Å². The predicted octanol–water partition coefficient (Wildman–Crippen LogP) is 3.03. The normalized spacial score (nSPS) is 10.4. The SMILES string of the molecule is O=C(O)c1cc(CC(=O)c2ccncc2)cc(CC(=O)c2ccncc2)c1. The Kier molecular flexibility index (Phi) is 5.47. The van der Waals surface area contributed by atoms with Crippen LogP contribution < -0.4 is 0 Å². The molecule has 2 heterocycles. The van der Waals surface area contributed by atoms with Crippen LogP contribution in [-0.4, -0.2) is 32.6 Å². The minimum atomic E-state index is -1.11. The first kappa shape index (κ1) is 18.1. The van der Waals surface area contributed by atoms with Crippen molar-refractivity contribution < 1.29 is 19.5 Å². The second kappa shape index (κ2) is 8.14. The number of aromatic nitrogens is 2. The molecule has 6 heteroatoms. The van der Waals surface area contributed by atoms with Crippen LogP contribution in [0.2, 0.25) is 0 Å². The molecule has 0 aliphatic carbocycles. The summed E-state index contributed by atoms with van der Waals surface area (Å²) in [6, 6.07) is 11.1. The number of carbonyl (C=O) groups excluding carboxylic acids is 2. The van der Waals surface area contributed by atoms with Crippen LogP contribution >= 0.6 is 0 Å². The molecular weight excluding hydrogens is 344 g/mol. The maximum atomic E-state index is 12.4. The Morgan fingerprint density at radius 1 is 0.667 bits per heavy atom. The van der Waals surface area contributed by atoms with E-state index in [9.17, 15) is 19.5 Å². The number of hydrogen-bond acceptors (Lipinski definition) is 5. The number of ketones is 2. The van der Waals surface area contributed by atoms with Gasteiger partial charge in [0.2, 0.25) is 0 Å². The molecule has 0 saturated heterocycles. The highest BCUT2D eigenvalue weighted by atomic mass is 16.4. The first-order valence-corrected chi connectivity index (χ1v) is 8.25. The molecule has 0 aliphatic rings. The van der Waals surface area contributed by atoms with Gasteiger partial charge in [-0.3, -0.25) is 19.6 Å². The molecule has 2 aromatic heterocycles. The Morgan fingerprint density at radius 2 is 1.07 bits per heavy atom. The highest BCUT2D eigenvalue weighted by molar-refractivity contribution is 5.99. The maximum Gasteiger partial charge on any atom is 0.335 e. The lowest BCUT2D eigenvalue weighted by Gasteiger charge is -2.08. The van der Waals surface area contributed by atoms with E-state index in [-0.39, 0.29) is 30.0 Å². The molecule has 0 amide bonds. The number of rotatable bonds is 7. The number of carboxylic acids is 1. The topological polar surface area (TPSA) is 97.2 Å². The molecule has 0 bridgehead atoms. The van der Waals surface area contributed by atoms with Crippen LogP contribution in [0.15, 0.2) is 67.3 Å². The van der Waals surface area contributed by atoms with Gasteiger partial charge in [0, 0.05) is 48.8 Å². The van der Waals surface area contributed by atoms with Gasteiger partial charge in [0.15, 0.2) is 11.6 Å². The first-order valence-electron chi connectivity index (χ1n) is 8.25. The fraction of sp³-hybridized carbons (Fsp3) is 0.0952. The van der Waals surface area contributed by atoms with Gasteiger partial charge in [0.25, 0.3) is 0 Å². The molecule has 3 rings (SSSR count). The fourth-order valence-corrected chi connectivity index (χ4v) is 2.74. The Bertz CT molecular complexity index is 914. The molecule has 0 fully saturated rings. The Morgan fingerprint density at radius 3 is 1.44 bits per heavy atom. The number of carbonyl (C=O) groups is 3. The van der Waals surface area contributed by atoms with Gasteiger partial charge < -0.3 is 5.11 Å². The summed E-state index contributed by atoms with van der Waals surface area (Å²) in [4.78, 5) is 44.0. The predicted molar refractivity (Wildman–Crippen MR) is 97.9 cm³/mol. The summed E-state index contributed by atoms with van der Waals surface area (Å²) < 4.78 is 0. The van der Waals surface area contributed by atoms with Crippen LogP contribution in [0.4, 0.5) is 0 Å². The van der Waals surface area contributed by atoms with E-state index in [1.54, 1.807) is 30.3 Å². The van der Waals surface area contributed by atoms with Gasteiger partial charge in [-0.25, -0.2) is 4.79 Å². The zero-order valence-electron chi connectivity index (χ0n) is 14.3. The van der Waals surface area contributed by atoms with Crippen molar-refractivity contribution in [3.63, 3.8) is 0 Å². The molecule has 1 N–H and O–H groups in total. The number of carboxylic acid groups (broad SMARTS) is 1. The van der Waals surface area contributed by atoms with E-state index in [1.807, 2.05) is 0 Å². The molecule has 1 aromatic carbocycles. The Labute approximate surface area is 155 Å². The average Bonchev–Trinajstić information content (AvgIpc) is 2.69. The van der Waals surface area contributed by atoms with Crippen LogP contribution in [0.5, 0.6) is 0 Å². The van der Waals surface area contributed by atoms with Crippen molar-refractivity contribution in [1.82, 2.24) is 9.97 Å². The number of aromatic carboxylic acids is 1. The molecule has 0 unspecified atom stereocenters. The second-order valence-electron chi connectivity index (χ2n) is 6.02. The quantitative estimate of drug-likeness (QED) is 0.651. The highest BCUT2D eigenvalue weighted by Gasteiger charge is 2.14. The van der Waals surface area contributed by atoms with Crippen molar-refractivity contribution in [2.24, 2.45) is 0 Å². The van der Waals surface area contributed by atoms with Crippen molar-refractivity contribution in [1.29, 1.82) is 0 Å². The van der Waals surface area contributed by atoms with E-state index in [2.05, 4.69) is 9.97 Å². The van der Waals surface area contributed by atoms with Crippen molar-refractivity contribution in [2.45, 2.75) is 12.8 Å². The van der Waals surface area contributed by atoms with Crippen LogP contribution in [0.25, 0.3) is 0 Å². The molecule has 0 radical (unpaired) electrons. The molecule has 27 heavy (non-hydrogen) atoms. The first-order chi connectivity index (χ1) is 13.0. The van der Waals surface area contributed by atoms with E-state index >= 15 is 0 Å². The van der Waals surface area contributed by atoms with Crippen LogP contribution in [0, 0.1) is 0 Å². The van der Waals surface area contributed by atoms with Gasteiger partial charge in [-0.2, -0.15) is 0 Å². The van der Waals surface area contributed by atoms with Gasteiger partial charge in [0.05, 0.1) is 5.56 Å². The molecule has 6 nitrogen and oxygen atoms in total. The molecule has 0 aliphatic heterocycles. The largest absolute Gasteiger partial charge is 0.478 e. The van der Waals surface area contributed by atoms with E-state index in [0.29, 0.717) is 22.3 Å². The Balaban J connectivity index is 1.85. The summed E-state index contributed by atoms with van der Waals surface area (Å²) in [6.45, 7) is 0. The van der Waals surface area contributed by atoms with Gasteiger partial charge in [0.1, 0.15) is 0 Å². The number of benzene rings is 1. The summed E-state index contributed by atoms with van der Waals surface area (Å²) in [6.07, 6.45) is 6.20. The third kappa shape index (κ3) is 4.70. The lowest BCUT2D eigenvalue weighted by molar-refractivity contribution is 0.0695. The zero-order valence-corrected chi connectivity index (χ0v) is 14.3. The maximum absolute atomic E-state index is 12.4. The third-order valence-corrected chi connectivity index (χ3v) is 4.03. The third-order valence-electron chi connectivity index (χ3n) is 4.03. The lowest BCUT2D eigenvalue weighted by atomic mass is 9.96. The fourth-order valence-electron chi connectivity index (χ4n) is 2.74. The van der Waals surface area contributed by atoms with E-state index in [0.717, 1.165) is 0 Å². The lowest BCUT2D eigenvalue weighted by Crippen LogP contribution is -2.09. The van der Waals surface area contributed by atoms with E-state index < -0.39 is 5.97 Å². The number of Topliss-reactive ketones (excluding diaryl/α,β-unsaturated/α-hetero) is 2. The summed E-state index contributed by atoms with van der Waals surface area (Å²) in [7, 11) is 0. The van der Waals surface area contributed by atoms with Crippen LogP contribution in [-0.2, 0) is 12.8 Å². The van der Waals surface area contributed by atoms with E-state index in [1.165, 1.54) is 36.9 Å². The number of nitrogens with zero attached hydrogens (tertiary/aromatic N) is 2. The van der Waals surface area contributed by atoms with Gasteiger partial charge in [-0.05, 0) is 47.5 Å². The van der Waals surface area contributed by atoms with Crippen molar-refractivity contribution >= 4 is 17.5 Å². The monoisotopic (exact) mass is 360 g/mol. The average molecular weight is 360 g/mol. The second-order valence-corrected chi connectivity index (χ2v) is 6.02. The van der Waals surface area contributed by atoms with E-state index in [4.69, 9.17) is 0 Å². The minimum Gasteiger partial charge on any atom is -0.478 e. The Hall–Kier alpha value is -3.67. The standard InChI is InChI=1S/C21H16N2O4/c24-19(16-1-5-22-6-2-16)12-14-9-15(11-18(10-14)21(26)27)13-20(25)17-3-7-23-8-4-17/h1-11H,12-13H2,(H,26,27). The van der Waals surface area contributed by atoms with Crippen molar-refractivity contribution in [3.05, 3.63) is 95.1 Å². The summed E-state index contributed by atoms with van der Waals surface area (Å²) in [5.74, 6) is -1.40. The van der Waals surface area contributed by atoms with Crippen molar-refractivity contribution in [3.8, 4) is 0 Å². The molecule has 0 spiro atoms. The molecular formula is C21H16N2O4. The summed E-state index contributed by atoms with van der Waals surface area (Å²) >= 11 is 0. The smallest absolute Gasteiger partial charge is 0.335 e. The molecule has 3 aromatic rings. The van der Waals surface area contributed by atoms with Crippen LogP contribution in [0.1, 0.15) is 42.2 Å². The molecule has 134 valence electrons. The van der Waals surface area contributed by atoms with Gasteiger partial charge in [-0.15, -0.1) is 0 Å². The number of hydrogen-bond donors (Lipinski definition) is 1. The van der Waals surface area contributed by atoms with Gasteiger partial charge >= 0.3 is 5.97 Å². The molecule has 0 saturated carbocycles.